The van der Waals surface area contributed by atoms with Crippen molar-refractivity contribution in [3.63, 3.8) is 0 Å². The quantitative estimate of drug-likeness (QED) is 0.668. The van der Waals surface area contributed by atoms with Crippen LogP contribution in [0.5, 0.6) is 0 Å². The maximum Gasteiger partial charge on any atom is 0.259 e. The Hall–Kier alpha value is -3.04. The van der Waals surface area contributed by atoms with Crippen molar-refractivity contribution >= 4 is 21.6 Å². The molecule has 9 heteroatoms. The van der Waals surface area contributed by atoms with Crippen LogP contribution in [0.15, 0.2) is 47.4 Å². The Morgan fingerprint density at radius 2 is 1.72 bits per heavy atom. The predicted molar refractivity (Wildman–Crippen MR) is 108 cm³/mol. The van der Waals surface area contributed by atoms with Gasteiger partial charge in [-0.25, -0.2) is 22.2 Å². The van der Waals surface area contributed by atoms with Crippen LogP contribution >= 0.6 is 0 Å². The lowest BCUT2D eigenvalue weighted by atomic mass is 10.1. The topological polar surface area (TPSA) is 93.1 Å². The number of amides is 1. The Bertz CT molecular complexity index is 1190. The first kappa shape index (κ1) is 20.7. The van der Waals surface area contributed by atoms with Gasteiger partial charge in [-0.1, -0.05) is 6.07 Å². The molecular formula is C20H21FN4O3S. The van der Waals surface area contributed by atoms with E-state index in [-0.39, 0.29) is 10.7 Å². The molecule has 1 amide bonds. The van der Waals surface area contributed by atoms with Gasteiger partial charge in [0.15, 0.2) is 0 Å². The molecule has 3 aromatic rings. The monoisotopic (exact) mass is 416 g/mol. The van der Waals surface area contributed by atoms with Crippen molar-refractivity contribution in [2.75, 3.05) is 12.4 Å². The zero-order valence-corrected chi connectivity index (χ0v) is 17.3. The Morgan fingerprint density at radius 1 is 1.07 bits per heavy atom. The molecule has 0 unspecified atom stereocenters. The lowest BCUT2D eigenvalue weighted by Crippen LogP contribution is -2.20. The van der Waals surface area contributed by atoms with E-state index in [1.807, 2.05) is 0 Å². The van der Waals surface area contributed by atoms with E-state index in [1.54, 1.807) is 49.7 Å². The zero-order chi connectivity index (χ0) is 21.3. The van der Waals surface area contributed by atoms with E-state index in [4.69, 9.17) is 0 Å². The van der Waals surface area contributed by atoms with Gasteiger partial charge in [0.1, 0.15) is 5.82 Å². The van der Waals surface area contributed by atoms with Gasteiger partial charge in [0.25, 0.3) is 5.91 Å². The number of aryl methyl sites for hydroxylation is 2. The second-order valence-corrected chi connectivity index (χ2v) is 8.43. The van der Waals surface area contributed by atoms with Crippen LogP contribution in [0.3, 0.4) is 0 Å². The summed E-state index contributed by atoms with van der Waals surface area (Å²) in [4.78, 5) is 13.0. The van der Waals surface area contributed by atoms with E-state index in [9.17, 15) is 17.6 Å². The molecule has 3 rings (SSSR count). The summed E-state index contributed by atoms with van der Waals surface area (Å²) in [5.74, 6) is -0.773. The van der Waals surface area contributed by atoms with Gasteiger partial charge < -0.3 is 5.32 Å². The number of aromatic nitrogens is 2. The third kappa shape index (κ3) is 4.06. The lowest BCUT2D eigenvalue weighted by Gasteiger charge is -2.11. The van der Waals surface area contributed by atoms with Crippen LogP contribution < -0.4 is 10.0 Å². The standard InChI is InChI=1S/C20H21FN4O3S/c1-12-5-8-16(11-18(12)29(27,28)22-4)23-20(26)19-13(2)24-25(14(19)3)17-9-6-15(21)7-10-17/h5-11,22H,1-4H3,(H,23,26). The third-order valence-electron chi connectivity index (χ3n) is 4.59. The maximum absolute atomic E-state index is 13.2. The fraction of sp³-hybridized carbons (Fsp3) is 0.200. The normalized spacial score (nSPS) is 11.5. The molecule has 152 valence electrons. The minimum atomic E-state index is -3.65. The summed E-state index contributed by atoms with van der Waals surface area (Å²) in [7, 11) is -2.32. The predicted octanol–water partition coefficient (Wildman–Crippen LogP) is 3.10. The first-order valence-corrected chi connectivity index (χ1v) is 10.3. The molecule has 0 radical (unpaired) electrons. The Morgan fingerprint density at radius 3 is 2.34 bits per heavy atom. The Kier molecular flexibility index (Phi) is 5.54. The highest BCUT2D eigenvalue weighted by molar-refractivity contribution is 7.89. The van der Waals surface area contributed by atoms with E-state index in [2.05, 4.69) is 15.1 Å². The zero-order valence-electron chi connectivity index (χ0n) is 16.4. The molecule has 0 aliphatic heterocycles. The summed E-state index contributed by atoms with van der Waals surface area (Å²) in [5, 5.41) is 7.12. The number of anilines is 1. The number of carbonyl (C=O) groups is 1. The molecule has 1 heterocycles. The van der Waals surface area contributed by atoms with Crippen LogP contribution in [0, 0.1) is 26.6 Å². The van der Waals surface area contributed by atoms with E-state index in [0.717, 1.165) is 0 Å². The van der Waals surface area contributed by atoms with Crippen molar-refractivity contribution in [2.24, 2.45) is 0 Å². The van der Waals surface area contributed by atoms with Crippen molar-refractivity contribution in [2.45, 2.75) is 25.7 Å². The summed E-state index contributed by atoms with van der Waals surface area (Å²) in [6.07, 6.45) is 0. The second-order valence-electron chi connectivity index (χ2n) is 6.58. The average molecular weight is 416 g/mol. The van der Waals surface area contributed by atoms with Crippen molar-refractivity contribution in [1.29, 1.82) is 0 Å². The van der Waals surface area contributed by atoms with Gasteiger partial charge in [0, 0.05) is 5.69 Å². The van der Waals surface area contributed by atoms with E-state index >= 15 is 0 Å². The maximum atomic E-state index is 13.2. The number of carbonyl (C=O) groups excluding carboxylic acids is 1. The van der Waals surface area contributed by atoms with Crippen LogP contribution in [-0.4, -0.2) is 31.2 Å². The number of nitrogens with one attached hydrogen (secondary N) is 2. The molecule has 2 aromatic carbocycles. The Labute approximate surface area is 168 Å². The number of hydrogen-bond donors (Lipinski definition) is 2. The van der Waals surface area contributed by atoms with Crippen LogP contribution in [0.4, 0.5) is 10.1 Å². The average Bonchev–Trinajstić information content (AvgIpc) is 2.98. The van der Waals surface area contributed by atoms with Crippen LogP contribution in [0.1, 0.15) is 27.3 Å². The molecule has 0 saturated heterocycles. The highest BCUT2D eigenvalue weighted by atomic mass is 32.2. The number of hydrogen-bond acceptors (Lipinski definition) is 4. The van der Waals surface area contributed by atoms with Gasteiger partial charge in [-0.05, 0) is 69.8 Å². The van der Waals surface area contributed by atoms with E-state index in [1.165, 1.54) is 25.2 Å². The number of halogens is 1. The minimum Gasteiger partial charge on any atom is -0.322 e. The van der Waals surface area contributed by atoms with Gasteiger partial charge >= 0.3 is 0 Å². The molecule has 1 aromatic heterocycles. The summed E-state index contributed by atoms with van der Waals surface area (Å²) in [6, 6.07) is 10.5. The first-order chi connectivity index (χ1) is 13.6. The van der Waals surface area contributed by atoms with Gasteiger partial charge in [-0.3, -0.25) is 4.79 Å². The molecule has 0 fully saturated rings. The molecule has 0 aliphatic carbocycles. The molecule has 2 N–H and O–H groups in total. The third-order valence-corrected chi connectivity index (χ3v) is 6.15. The molecule has 0 bridgehead atoms. The van der Waals surface area contributed by atoms with Gasteiger partial charge in [0.2, 0.25) is 10.0 Å². The molecule has 7 nitrogen and oxygen atoms in total. The second kappa shape index (κ2) is 7.76. The molecule has 0 aliphatic rings. The van der Waals surface area contributed by atoms with E-state index in [0.29, 0.717) is 33.9 Å². The van der Waals surface area contributed by atoms with Gasteiger partial charge in [0.05, 0.1) is 27.5 Å². The largest absolute Gasteiger partial charge is 0.322 e. The summed E-state index contributed by atoms with van der Waals surface area (Å²) < 4.78 is 41.3. The Balaban J connectivity index is 1.95. The lowest BCUT2D eigenvalue weighted by molar-refractivity contribution is 0.102. The van der Waals surface area contributed by atoms with Crippen molar-refractivity contribution < 1.29 is 17.6 Å². The highest BCUT2D eigenvalue weighted by Crippen LogP contribution is 2.23. The highest BCUT2D eigenvalue weighted by Gasteiger charge is 2.21. The molecule has 0 atom stereocenters. The SMILES string of the molecule is CNS(=O)(=O)c1cc(NC(=O)c2c(C)nn(-c3ccc(F)cc3)c2C)ccc1C. The van der Waals surface area contributed by atoms with Crippen LogP contribution in [0.25, 0.3) is 5.69 Å². The number of benzene rings is 2. The van der Waals surface area contributed by atoms with E-state index < -0.39 is 15.9 Å². The minimum absolute atomic E-state index is 0.0910. The first-order valence-electron chi connectivity index (χ1n) is 8.81. The molecule has 0 spiro atoms. The smallest absolute Gasteiger partial charge is 0.259 e. The van der Waals surface area contributed by atoms with Gasteiger partial charge in [-0.2, -0.15) is 5.10 Å². The van der Waals surface area contributed by atoms with Crippen molar-refractivity contribution in [1.82, 2.24) is 14.5 Å². The van der Waals surface area contributed by atoms with Gasteiger partial charge in [-0.15, -0.1) is 0 Å². The summed E-state index contributed by atoms with van der Waals surface area (Å²) >= 11 is 0. The fourth-order valence-electron chi connectivity index (χ4n) is 3.08. The molecular weight excluding hydrogens is 395 g/mol. The van der Waals surface area contributed by atoms with Crippen LogP contribution in [-0.2, 0) is 10.0 Å². The number of nitrogens with zero attached hydrogens (tertiary/aromatic N) is 2. The number of sulfonamides is 1. The molecule has 0 saturated carbocycles. The van der Waals surface area contributed by atoms with Crippen molar-refractivity contribution in [3.05, 3.63) is 70.8 Å². The summed E-state index contributed by atoms with van der Waals surface area (Å²) in [5.41, 5.74) is 3.00. The van der Waals surface area contributed by atoms with Crippen molar-refractivity contribution in [3.8, 4) is 5.69 Å². The van der Waals surface area contributed by atoms with Crippen LogP contribution in [0.2, 0.25) is 0 Å². The fourth-order valence-corrected chi connectivity index (χ4v) is 4.07. The molecule has 29 heavy (non-hydrogen) atoms. The summed E-state index contributed by atoms with van der Waals surface area (Å²) in [6.45, 7) is 5.12. The number of rotatable bonds is 5.